The van der Waals surface area contributed by atoms with Crippen LogP contribution >= 0.6 is 11.8 Å². The summed E-state index contributed by atoms with van der Waals surface area (Å²) in [5.41, 5.74) is 1.75. The van der Waals surface area contributed by atoms with Gasteiger partial charge in [-0.05, 0) is 90.7 Å². The summed E-state index contributed by atoms with van der Waals surface area (Å²) in [6.07, 6.45) is 5.16. The molecular weight excluding hydrogens is 568 g/mol. The molecule has 0 heterocycles. The molecule has 1 aliphatic carbocycles. The van der Waals surface area contributed by atoms with Gasteiger partial charge in [0.15, 0.2) is 0 Å². The van der Waals surface area contributed by atoms with Crippen molar-refractivity contribution in [2.75, 3.05) is 7.05 Å². The normalized spacial score (nSPS) is 15.6. The van der Waals surface area contributed by atoms with E-state index < -0.39 is 23.5 Å². The summed E-state index contributed by atoms with van der Waals surface area (Å²) in [7, 11) is 1.81. The third-order valence-electron chi connectivity index (χ3n) is 5.86. The highest BCUT2D eigenvalue weighted by atomic mass is 32.2. The zero-order valence-electron chi connectivity index (χ0n) is 26.1. The molecule has 0 spiro atoms. The summed E-state index contributed by atoms with van der Waals surface area (Å²) < 4.78 is 74.0. The molecule has 0 bridgehead atoms. The lowest BCUT2D eigenvalue weighted by Crippen LogP contribution is -2.13. The number of aryl methyl sites for hydroxylation is 1. The van der Waals surface area contributed by atoms with E-state index in [0.717, 1.165) is 44.2 Å². The van der Waals surface area contributed by atoms with E-state index in [1.807, 2.05) is 33.9 Å². The number of rotatable bonds is 8. The van der Waals surface area contributed by atoms with Gasteiger partial charge < -0.3 is 0 Å². The van der Waals surface area contributed by atoms with Crippen LogP contribution in [0.25, 0.3) is 0 Å². The molecule has 0 atom stereocenters. The van der Waals surface area contributed by atoms with Crippen molar-refractivity contribution in [3.8, 4) is 0 Å². The summed E-state index contributed by atoms with van der Waals surface area (Å²) in [5.74, 6) is 0.903. The molecule has 8 heteroatoms. The standard InChI is InChI=1S/C17H21NS.C10H8F6.C7H16/c1-7-15-10-14(8-9-16(15)18-6)11-17(12(2)3)19-13(4)5;1-2-6-3-4-7(9(11,12)13)5-8(6)10(14,15)16;1-4-5-6-7(2)3/h7-11H,2,4H2,1,3,5-6H3;3-5H,2H2,1H3;7H,4-6H2,1-3H3/b15-7-,17-11-,18-16?;;. The lowest BCUT2D eigenvalue weighted by atomic mass is 9.99. The SMILES string of the molecule is C=C(C)S/C(=C\C1=CC(=C/C)/C(=NC)C=C1)C(=C)C.CCCCC(C)C.CCc1ccc(C(F)(F)F)cc1C(F)(F)F. The van der Waals surface area contributed by atoms with Crippen molar-refractivity contribution in [2.24, 2.45) is 10.9 Å². The number of thioether (sulfide) groups is 1. The van der Waals surface area contributed by atoms with E-state index in [0.29, 0.717) is 6.07 Å². The van der Waals surface area contributed by atoms with E-state index in [4.69, 9.17) is 0 Å². The van der Waals surface area contributed by atoms with E-state index in [-0.39, 0.29) is 18.1 Å². The van der Waals surface area contributed by atoms with Crippen LogP contribution in [0.2, 0.25) is 0 Å². The molecule has 1 aliphatic rings. The minimum atomic E-state index is -4.76. The largest absolute Gasteiger partial charge is 0.416 e. The number of nitrogens with zero attached hydrogens (tertiary/aromatic N) is 1. The molecule has 234 valence electrons. The first-order valence-corrected chi connectivity index (χ1v) is 14.7. The number of halogens is 6. The number of benzene rings is 1. The smallest absolute Gasteiger partial charge is 0.288 e. The van der Waals surface area contributed by atoms with Gasteiger partial charge in [-0.15, -0.1) is 0 Å². The Morgan fingerprint density at radius 3 is 2.00 bits per heavy atom. The van der Waals surface area contributed by atoms with Gasteiger partial charge in [-0.3, -0.25) is 4.99 Å². The zero-order valence-corrected chi connectivity index (χ0v) is 26.9. The second-order valence-corrected chi connectivity index (χ2v) is 11.5. The van der Waals surface area contributed by atoms with Crippen LogP contribution in [-0.4, -0.2) is 12.8 Å². The van der Waals surface area contributed by atoms with Crippen LogP contribution in [0, 0.1) is 5.92 Å². The predicted molar refractivity (Wildman–Crippen MR) is 170 cm³/mol. The second-order valence-electron chi connectivity index (χ2n) is 10.2. The minimum Gasteiger partial charge on any atom is -0.288 e. The molecule has 0 saturated carbocycles. The van der Waals surface area contributed by atoms with Crippen LogP contribution in [0.15, 0.2) is 93.3 Å². The number of hydrogen-bond donors (Lipinski definition) is 0. The molecule has 1 nitrogen and oxygen atoms in total. The predicted octanol–water partition coefficient (Wildman–Crippen LogP) is 12.3. The molecule has 0 radical (unpaired) electrons. The van der Waals surface area contributed by atoms with Crippen LogP contribution in [0.5, 0.6) is 0 Å². The van der Waals surface area contributed by atoms with Gasteiger partial charge in [0.25, 0.3) is 0 Å². The fourth-order valence-corrected chi connectivity index (χ4v) is 4.36. The highest BCUT2D eigenvalue weighted by molar-refractivity contribution is 8.06. The Morgan fingerprint density at radius 1 is 1.00 bits per heavy atom. The van der Waals surface area contributed by atoms with E-state index in [1.165, 1.54) is 26.2 Å². The first-order chi connectivity index (χ1) is 19.4. The molecule has 42 heavy (non-hydrogen) atoms. The summed E-state index contributed by atoms with van der Waals surface area (Å²) in [5, 5.41) is 0. The maximum atomic E-state index is 12.4. The average Bonchev–Trinajstić information content (AvgIpc) is 2.90. The quantitative estimate of drug-likeness (QED) is 0.210. The van der Waals surface area contributed by atoms with Gasteiger partial charge in [0, 0.05) is 12.0 Å². The second kappa shape index (κ2) is 18.7. The number of aliphatic imine (C=N–C) groups is 1. The van der Waals surface area contributed by atoms with E-state index >= 15 is 0 Å². The fraction of sp³-hybridized carbons (Fsp3) is 0.441. The van der Waals surface area contributed by atoms with Gasteiger partial charge in [-0.2, -0.15) is 26.3 Å². The topological polar surface area (TPSA) is 12.4 Å². The number of hydrogen-bond acceptors (Lipinski definition) is 2. The molecular formula is C34H45F6NS. The zero-order chi connectivity index (χ0) is 32.7. The highest BCUT2D eigenvalue weighted by Gasteiger charge is 2.37. The number of unbranched alkanes of at least 4 members (excludes halogenated alkanes) is 1. The fourth-order valence-electron chi connectivity index (χ4n) is 3.61. The third kappa shape index (κ3) is 14.9. The van der Waals surface area contributed by atoms with Crippen LogP contribution in [-0.2, 0) is 18.8 Å². The van der Waals surface area contributed by atoms with Crippen molar-refractivity contribution < 1.29 is 26.3 Å². The Kier molecular flexibility index (Phi) is 17.5. The van der Waals surface area contributed by atoms with E-state index in [1.54, 1.807) is 11.8 Å². The van der Waals surface area contributed by atoms with Crippen LogP contribution in [0.1, 0.15) is 84.4 Å². The van der Waals surface area contributed by atoms with Crippen LogP contribution in [0.4, 0.5) is 26.3 Å². The summed E-state index contributed by atoms with van der Waals surface area (Å²) in [6.45, 7) is 22.3. The Hall–Kier alpha value is -2.74. The molecule has 0 N–H and O–H groups in total. The van der Waals surface area contributed by atoms with Crippen molar-refractivity contribution >= 4 is 17.5 Å². The van der Waals surface area contributed by atoms with Crippen molar-refractivity contribution in [2.45, 2.75) is 86.5 Å². The van der Waals surface area contributed by atoms with Crippen molar-refractivity contribution in [3.05, 3.63) is 105 Å². The number of allylic oxidation sites excluding steroid dienone is 9. The van der Waals surface area contributed by atoms with Crippen molar-refractivity contribution in [1.82, 2.24) is 0 Å². The Balaban J connectivity index is 0.000000661. The monoisotopic (exact) mass is 613 g/mol. The molecule has 1 aromatic rings. The lowest BCUT2D eigenvalue weighted by molar-refractivity contribution is -0.143. The summed E-state index contributed by atoms with van der Waals surface area (Å²) in [6, 6.07) is 1.68. The van der Waals surface area contributed by atoms with Gasteiger partial charge in [0.2, 0.25) is 0 Å². The molecule has 0 fully saturated rings. The average molecular weight is 614 g/mol. The Labute approximate surface area is 253 Å². The van der Waals surface area contributed by atoms with Crippen LogP contribution < -0.4 is 0 Å². The lowest BCUT2D eigenvalue weighted by Gasteiger charge is -2.14. The molecule has 0 aromatic heterocycles. The van der Waals surface area contributed by atoms with Crippen molar-refractivity contribution in [3.63, 3.8) is 0 Å². The molecule has 1 aromatic carbocycles. The van der Waals surface area contributed by atoms with Gasteiger partial charge in [0.05, 0.1) is 16.8 Å². The summed E-state index contributed by atoms with van der Waals surface area (Å²) in [4.78, 5) is 6.47. The van der Waals surface area contributed by atoms with E-state index in [2.05, 4.69) is 63.2 Å². The van der Waals surface area contributed by atoms with Crippen molar-refractivity contribution in [1.29, 1.82) is 0 Å². The first kappa shape index (κ1) is 39.3. The van der Waals surface area contributed by atoms with E-state index in [9.17, 15) is 26.3 Å². The van der Waals surface area contributed by atoms with Gasteiger partial charge in [-0.25, -0.2) is 0 Å². The van der Waals surface area contributed by atoms with Gasteiger partial charge in [-0.1, -0.05) is 90.1 Å². The minimum absolute atomic E-state index is 0.0347. The van der Waals surface area contributed by atoms with Crippen LogP contribution in [0.3, 0.4) is 0 Å². The molecule has 0 aliphatic heterocycles. The first-order valence-electron chi connectivity index (χ1n) is 13.9. The van der Waals surface area contributed by atoms with Gasteiger partial charge in [0.1, 0.15) is 0 Å². The maximum Gasteiger partial charge on any atom is 0.416 e. The van der Waals surface area contributed by atoms with Gasteiger partial charge >= 0.3 is 12.4 Å². The maximum absolute atomic E-state index is 12.4. The molecule has 0 unspecified atom stereocenters. The molecule has 0 amide bonds. The molecule has 0 saturated heterocycles. The third-order valence-corrected chi connectivity index (χ3v) is 6.90. The Bertz CT molecular complexity index is 1190. The summed E-state index contributed by atoms with van der Waals surface area (Å²) >= 11 is 1.66. The molecule has 2 rings (SSSR count). The number of alkyl halides is 6. The highest BCUT2D eigenvalue weighted by Crippen LogP contribution is 2.37. The Morgan fingerprint density at radius 2 is 1.62 bits per heavy atom.